The molecule has 7 heteroatoms. The molecule has 1 aliphatic heterocycles. The first-order valence-electron chi connectivity index (χ1n) is 9.48. The van der Waals surface area contributed by atoms with Crippen molar-refractivity contribution < 1.29 is 14.3 Å². The number of hydrogen-bond donors (Lipinski definition) is 1. The van der Waals surface area contributed by atoms with Crippen LogP contribution < -0.4 is 5.32 Å². The van der Waals surface area contributed by atoms with Crippen molar-refractivity contribution in [2.45, 2.75) is 39.9 Å². The molecule has 1 aliphatic rings. The van der Waals surface area contributed by atoms with Gasteiger partial charge in [-0.15, -0.1) is 11.3 Å². The van der Waals surface area contributed by atoms with Gasteiger partial charge in [-0.25, -0.2) is 4.79 Å². The second-order valence-corrected chi connectivity index (χ2v) is 8.53. The van der Waals surface area contributed by atoms with Crippen molar-refractivity contribution in [3.05, 3.63) is 40.8 Å². The maximum Gasteiger partial charge on any atom is 0.341 e. The van der Waals surface area contributed by atoms with Crippen LogP contribution in [0.25, 0.3) is 11.1 Å². The van der Waals surface area contributed by atoms with E-state index in [0.717, 1.165) is 34.1 Å². The van der Waals surface area contributed by atoms with Crippen LogP contribution in [0.2, 0.25) is 0 Å². The van der Waals surface area contributed by atoms with Gasteiger partial charge in [0, 0.05) is 23.5 Å². The Labute approximate surface area is 175 Å². The van der Waals surface area contributed by atoms with E-state index in [9.17, 15) is 4.79 Å². The minimum atomic E-state index is -0.334. The molecular formula is C21H26N2O3S2. The van der Waals surface area contributed by atoms with Gasteiger partial charge in [-0.2, -0.15) is 0 Å². The highest BCUT2D eigenvalue weighted by Crippen LogP contribution is 2.40. The summed E-state index contributed by atoms with van der Waals surface area (Å²) in [6.07, 6.45) is 0.218. The van der Waals surface area contributed by atoms with Crippen LogP contribution in [0.1, 0.15) is 36.0 Å². The van der Waals surface area contributed by atoms with Crippen LogP contribution in [0.4, 0.5) is 5.00 Å². The summed E-state index contributed by atoms with van der Waals surface area (Å²) >= 11 is 7.18. The normalized spacial score (nSPS) is 19.4. The lowest BCUT2D eigenvalue weighted by Gasteiger charge is -2.36. The second kappa shape index (κ2) is 9.03. The summed E-state index contributed by atoms with van der Waals surface area (Å²) in [6, 6.07) is 9.91. The maximum atomic E-state index is 12.8. The van der Waals surface area contributed by atoms with Gasteiger partial charge in [0.05, 0.1) is 18.8 Å². The summed E-state index contributed by atoms with van der Waals surface area (Å²) in [5.74, 6) is -0.334. The fraction of sp³-hybridized carbons (Fsp3) is 0.429. The summed E-state index contributed by atoms with van der Waals surface area (Å²) in [7, 11) is 0. The molecular weight excluding hydrogens is 392 g/mol. The Morgan fingerprint density at radius 3 is 2.54 bits per heavy atom. The first-order chi connectivity index (χ1) is 13.4. The van der Waals surface area contributed by atoms with Gasteiger partial charge in [-0.3, -0.25) is 0 Å². The third-order valence-electron chi connectivity index (χ3n) is 4.55. The number of thiophene rings is 1. The van der Waals surface area contributed by atoms with Crippen LogP contribution in [0.15, 0.2) is 30.3 Å². The monoisotopic (exact) mass is 418 g/mol. The van der Waals surface area contributed by atoms with Gasteiger partial charge in [0.25, 0.3) is 0 Å². The quantitative estimate of drug-likeness (QED) is 0.573. The lowest BCUT2D eigenvalue weighted by Crippen LogP contribution is -2.49. The summed E-state index contributed by atoms with van der Waals surface area (Å²) in [5, 5.41) is 4.64. The molecule has 1 saturated heterocycles. The lowest BCUT2D eigenvalue weighted by molar-refractivity contribution is -0.0473. The Morgan fingerprint density at radius 2 is 1.93 bits per heavy atom. The number of nitrogens with zero attached hydrogens (tertiary/aromatic N) is 1. The topological polar surface area (TPSA) is 50.8 Å². The SMILES string of the molecule is CCOC(=O)c1c(NC(=S)N2C[C@H](C)O[C@@H](C)C2)sc(C)c1-c1ccccc1. The number of esters is 1. The highest BCUT2D eigenvalue weighted by molar-refractivity contribution is 7.80. The summed E-state index contributed by atoms with van der Waals surface area (Å²) < 4.78 is 11.1. The average molecular weight is 419 g/mol. The average Bonchev–Trinajstić information content (AvgIpc) is 2.97. The van der Waals surface area contributed by atoms with E-state index in [1.54, 1.807) is 0 Å². The van der Waals surface area contributed by atoms with Crippen molar-refractivity contribution in [3.8, 4) is 11.1 Å². The standard InChI is InChI=1S/C21H26N2O3S2/c1-5-25-20(24)18-17(16-9-7-6-8-10-16)15(4)28-19(18)22-21(27)23-11-13(2)26-14(3)12-23/h6-10,13-14H,5,11-12H2,1-4H3,(H,22,27)/t13-,14-/m0/s1. The zero-order valence-corrected chi connectivity index (χ0v) is 18.3. The fourth-order valence-corrected chi connectivity index (χ4v) is 4.88. The van der Waals surface area contributed by atoms with Crippen molar-refractivity contribution in [3.63, 3.8) is 0 Å². The number of hydrogen-bond acceptors (Lipinski definition) is 5. The molecule has 1 fully saturated rings. The Balaban J connectivity index is 1.94. The number of ether oxygens (including phenoxy) is 2. The van der Waals surface area contributed by atoms with E-state index in [0.29, 0.717) is 17.3 Å². The van der Waals surface area contributed by atoms with Crippen LogP contribution >= 0.6 is 23.6 Å². The van der Waals surface area contributed by atoms with Crippen molar-refractivity contribution in [2.75, 3.05) is 25.0 Å². The molecule has 3 rings (SSSR count). The van der Waals surface area contributed by atoms with Crippen LogP contribution in [-0.4, -0.2) is 47.9 Å². The predicted molar refractivity (Wildman–Crippen MR) is 118 cm³/mol. The highest BCUT2D eigenvalue weighted by Gasteiger charge is 2.28. The third-order valence-corrected chi connectivity index (χ3v) is 5.93. The zero-order chi connectivity index (χ0) is 20.3. The van der Waals surface area contributed by atoms with Crippen LogP contribution in [0.5, 0.6) is 0 Å². The largest absolute Gasteiger partial charge is 0.462 e. The Kier molecular flexibility index (Phi) is 6.69. The minimum Gasteiger partial charge on any atom is -0.462 e. The first-order valence-corrected chi connectivity index (χ1v) is 10.7. The van der Waals surface area contributed by atoms with Crippen LogP contribution in [0.3, 0.4) is 0 Å². The Hall–Kier alpha value is -1.96. The van der Waals surface area contributed by atoms with E-state index >= 15 is 0 Å². The van der Waals surface area contributed by atoms with E-state index in [-0.39, 0.29) is 18.2 Å². The molecule has 0 radical (unpaired) electrons. The number of carbonyl (C=O) groups is 1. The fourth-order valence-electron chi connectivity index (χ4n) is 3.50. The van der Waals surface area contributed by atoms with E-state index in [2.05, 4.69) is 10.2 Å². The molecule has 5 nitrogen and oxygen atoms in total. The van der Waals surface area contributed by atoms with Gasteiger partial charge in [0.2, 0.25) is 0 Å². The molecule has 0 bridgehead atoms. The highest BCUT2D eigenvalue weighted by atomic mass is 32.1. The number of nitrogens with one attached hydrogen (secondary N) is 1. The van der Waals surface area contributed by atoms with Crippen molar-refractivity contribution in [2.24, 2.45) is 0 Å². The third kappa shape index (κ3) is 4.54. The molecule has 0 unspecified atom stereocenters. The molecule has 1 N–H and O–H groups in total. The van der Waals surface area contributed by atoms with Gasteiger partial charge < -0.3 is 19.7 Å². The van der Waals surface area contributed by atoms with E-state index in [4.69, 9.17) is 21.7 Å². The first kappa shape index (κ1) is 20.8. The van der Waals surface area contributed by atoms with Crippen molar-refractivity contribution >= 4 is 39.6 Å². The molecule has 0 spiro atoms. The molecule has 1 aromatic carbocycles. The smallest absolute Gasteiger partial charge is 0.341 e. The summed E-state index contributed by atoms with van der Waals surface area (Å²) in [6.45, 7) is 9.68. The van der Waals surface area contributed by atoms with Crippen molar-refractivity contribution in [1.29, 1.82) is 0 Å². The van der Waals surface area contributed by atoms with Crippen LogP contribution in [0, 0.1) is 6.92 Å². The van der Waals surface area contributed by atoms with Gasteiger partial charge in [-0.05, 0) is 45.5 Å². The number of aryl methyl sites for hydroxylation is 1. The second-order valence-electron chi connectivity index (χ2n) is 6.92. The Bertz CT molecular complexity index is 841. The number of benzene rings is 1. The summed E-state index contributed by atoms with van der Waals surface area (Å²) in [5.41, 5.74) is 2.44. The molecule has 2 atom stereocenters. The number of rotatable bonds is 4. The van der Waals surface area contributed by atoms with Gasteiger partial charge >= 0.3 is 5.97 Å². The van der Waals surface area contributed by atoms with Crippen molar-refractivity contribution in [1.82, 2.24) is 4.90 Å². The summed E-state index contributed by atoms with van der Waals surface area (Å²) in [4.78, 5) is 15.9. The van der Waals surface area contributed by atoms with Crippen LogP contribution in [-0.2, 0) is 9.47 Å². The maximum absolute atomic E-state index is 12.8. The lowest BCUT2D eigenvalue weighted by atomic mass is 10.0. The van der Waals surface area contributed by atoms with Gasteiger partial charge in [0.1, 0.15) is 10.6 Å². The molecule has 150 valence electrons. The molecule has 28 heavy (non-hydrogen) atoms. The molecule has 1 aromatic heterocycles. The molecule has 2 heterocycles. The molecule has 0 aliphatic carbocycles. The number of carbonyl (C=O) groups excluding carboxylic acids is 1. The van der Waals surface area contributed by atoms with E-state index < -0.39 is 0 Å². The number of thiocarbonyl (C=S) groups is 1. The van der Waals surface area contributed by atoms with E-state index in [1.807, 2.05) is 58.0 Å². The zero-order valence-electron chi connectivity index (χ0n) is 16.7. The number of anilines is 1. The molecule has 0 saturated carbocycles. The predicted octanol–water partition coefficient (Wildman–Crippen LogP) is 4.71. The van der Waals surface area contributed by atoms with Gasteiger partial charge in [-0.1, -0.05) is 30.3 Å². The Morgan fingerprint density at radius 1 is 1.29 bits per heavy atom. The molecule has 2 aromatic rings. The van der Waals surface area contributed by atoms with E-state index in [1.165, 1.54) is 11.3 Å². The van der Waals surface area contributed by atoms with Gasteiger partial charge in [0.15, 0.2) is 5.11 Å². The number of morpholine rings is 1. The molecule has 0 amide bonds. The minimum absolute atomic E-state index is 0.109.